The van der Waals surface area contributed by atoms with Crippen LogP contribution < -0.4 is 12.4 Å². The maximum absolute atomic E-state index is 9.50. The van der Waals surface area contributed by atoms with E-state index in [0.717, 1.165) is 23.9 Å². The number of hydrogen-bond donors (Lipinski definition) is 1. The molecule has 0 saturated heterocycles. The minimum absolute atomic E-state index is 0. The smallest absolute Gasteiger partial charge is 0.104 e. The van der Waals surface area contributed by atoms with Gasteiger partial charge in [-0.2, -0.15) is 0 Å². The molecule has 0 aliphatic carbocycles. The van der Waals surface area contributed by atoms with E-state index in [1.54, 1.807) is 0 Å². The molecule has 3 heteroatoms. The zero-order valence-electron chi connectivity index (χ0n) is 8.68. The van der Waals surface area contributed by atoms with Gasteiger partial charge >= 0.3 is 0 Å². The van der Waals surface area contributed by atoms with Gasteiger partial charge in [-0.05, 0) is 6.42 Å². The molecule has 0 amide bonds. The van der Waals surface area contributed by atoms with Crippen LogP contribution in [0.5, 0.6) is 0 Å². The Labute approximate surface area is 82.6 Å². The average Bonchev–Trinajstić information content (AvgIpc) is 1.79. The number of likely N-dealkylation sites (N-methyl/N-ethyl adjacent to an activating group) is 1. The van der Waals surface area contributed by atoms with E-state index in [2.05, 4.69) is 28.1 Å². The fraction of sp³-hybridized carbons (Fsp3) is 1.00. The molecule has 0 rings (SSSR count). The molecular weight excluding hydrogens is 174 g/mol. The van der Waals surface area contributed by atoms with Gasteiger partial charge in [-0.3, -0.25) is 0 Å². The van der Waals surface area contributed by atoms with Crippen molar-refractivity contribution in [3.63, 3.8) is 0 Å². The van der Waals surface area contributed by atoms with Gasteiger partial charge in [0, 0.05) is 0 Å². The van der Waals surface area contributed by atoms with Gasteiger partial charge in [-0.1, -0.05) is 19.8 Å². The van der Waals surface area contributed by atoms with Crippen molar-refractivity contribution in [1.29, 1.82) is 0 Å². The highest BCUT2D eigenvalue weighted by molar-refractivity contribution is 4.52. The molecule has 0 heterocycles. The molecular formula is C9H22ClNO. The van der Waals surface area contributed by atoms with Gasteiger partial charge in [0.05, 0.1) is 21.1 Å². The highest BCUT2D eigenvalue weighted by Gasteiger charge is 2.13. The molecule has 0 aliphatic heterocycles. The first kappa shape index (κ1) is 14.7. The Morgan fingerprint density at radius 1 is 1.25 bits per heavy atom. The van der Waals surface area contributed by atoms with E-state index in [1.165, 1.54) is 6.42 Å². The second kappa shape index (κ2) is 6.70. The molecule has 0 spiro atoms. The van der Waals surface area contributed by atoms with Crippen molar-refractivity contribution in [2.24, 2.45) is 0 Å². The molecule has 0 fully saturated rings. The van der Waals surface area contributed by atoms with E-state index in [9.17, 15) is 5.11 Å². The predicted octanol–water partition coefficient (Wildman–Crippen LogP) is -1.75. The first-order valence-electron chi connectivity index (χ1n) is 4.44. The molecule has 0 aliphatic rings. The molecule has 0 bridgehead atoms. The third-order valence-corrected chi connectivity index (χ3v) is 1.65. The summed E-state index contributed by atoms with van der Waals surface area (Å²) in [6.45, 7) is 3.01. The summed E-state index contributed by atoms with van der Waals surface area (Å²) < 4.78 is 0.852. The summed E-state index contributed by atoms with van der Waals surface area (Å²) in [6.07, 6.45) is 3.15. The molecule has 1 unspecified atom stereocenters. The Bertz CT molecular complexity index is 101. The lowest BCUT2D eigenvalue weighted by Gasteiger charge is -2.26. The normalized spacial score (nSPS) is 13.8. The Kier molecular flexibility index (Phi) is 8.21. The van der Waals surface area contributed by atoms with E-state index >= 15 is 0 Å². The lowest BCUT2D eigenvalue weighted by Crippen LogP contribution is -3.00. The van der Waals surface area contributed by atoms with Crippen molar-refractivity contribution in [2.45, 2.75) is 32.3 Å². The number of nitrogens with zero attached hydrogens (tertiary/aromatic N) is 1. The lowest BCUT2D eigenvalue weighted by atomic mass is 10.1. The minimum Gasteiger partial charge on any atom is -1.00 e. The van der Waals surface area contributed by atoms with Crippen LogP contribution in [0, 0.1) is 0 Å². The topological polar surface area (TPSA) is 20.2 Å². The molecule has 1 atom stereocenters. The monoisotopic (exact) mass is 195 g/mol. The van der Waals surface area contributed by atoms with Crippen molar-refractivity contribution in [3.8, 4) is 0 Å². The summed E-state index contributed by atoms with van der Waals surface area (Å²) in [5, 5.41) is 9.50. The number of aliphatic hydroxyl groups excluding tert-OH is 1. The summed E-state index contributed by atoms with van der Waals surface area (Å²) in [7, 11) is 6.32. The van der Waals surface area contributed by atoms with E-state index < -0.39 is 0 Å². The zero-order chi connectivity index (χ0) is 8.91. The van der Waals surface area contributed by atoms with Crippen molar-refractivity contribution in [1.82, 2.24) is 0 Å². The number of quaternary nitrogens is 1. The molecule has 2 nitrogen and oxygen atoms in total. The van der Waals surface area contributed by atoms with Gasteiger partial charge in [0.1, 0.15) is 12.6 Å². The first-order valence-corrected chi connectivity index (χ1v) is 4.44. The van der Waals surface area contributed by atoms with Crippen LogP contribution in [0.1, 0.15) is 26.2 Å². The number of halogens is 1. The molecule has 76 valence electrons. The van der Waals surface area contributed by atoms with Crippen LogP contribution in [0.4, 0.5) is 0 Å². The van der Waals surface area contributed by atoms with Crippen molar-refractivity contribution in [3.05, 3.63) is 0 Å². The third kappa shape index (κ3) is 10.2. The largest absolute Gasteiger partial charge is 1.00 e. The lowest BCUT2D eigenvalue weighted by molar-refractivity contribution is -0.873. The van der Waals surface area contributed by atoms with Gasteiger partial charge in [-0.15, -0.1) is 0 Å². The van der Waals surface area contributed by atoms with Crippen molar-refractivity contribution < 1.29 is 22.0 Å². The third-order valence-electron chi connectivity index (χ3n) is 1.65. The van der Waals surface area contributed by atoms with Crippen molar-refractivity contribution >= 4 is 0 Å². The van der Waals surface area contributed by atoms with Gasteiger partial charge in [0.2, 0.25) is 0 Å². The van der Waals surface area contributed by atoms with Crippen LogP contribution in [-0.4, -0.2) is 43.4 Å². The van der Waals surface area contributed by atoms with Crippen molar-refractivity contribution in [2.75, 3.05) is 27.7 Å². The first-order chi connectivity index (χ1) is 4.95. The molecule has 0 aromatic heterocycles. The van der Waals surface area contributed by atoms with E-state index in [0.29, 0.717) is 0 Å². The number of hydrogen-bond acceptors (Lipinski definition) is 1. The van der Waals surface area contributed by atoms with Gasteiger partial charge in [0.25, 0.3) is 0 Å². The maximum Gasteiger partial charge on any atom is 0.104 e. The zero-order valence-corrected chi connectivity index (χ0v) is 9.43. The van der Waals surface area contributed by atoms with Gasteiger partial charge < -0.3 is 22.0 Å². The summed E-state index contributed by atoms with van der Waals surface area (Å²) in [5.41, 5.74) is 0. The van der Waals surface area contributed by atoms with E-state index in [-0.39, 0.29) is 18.5 Å². The molecule has 1 N–H and O–H groups in total. The number of unbranched alkanes of at least 4 members (excludes halogenated alkanes) is 1. The second-order valence-electron chi connectivity index (χ2n) is 4.27. The van der Waals surface area contributed by atoms with Crippen LogP contribution in [0.25, 0.3) is 0 Å². The molecule has 0 aromatic rings. The van der Waals surface area contributed by atoms with Crippen LogP contribution in [-0.2, 0) is 0 Å². The fourth-order valence-corrected chi connectivity index (χ4v) is 1.16. The molecule has 0 radical (unpaired) electrons. The SMILES string of the molecule is CCCCC(O)C[N+](C)(C)C.[Cl-]. The van der Waals surface area contributed by atoms with E-state index in [4.69, 9.17) is 0 Å². The Balaban J connectivity index is 0. The maximum atomic E-state index is 9.50. The second-order valence-corrected chi connectivity index (χ2v) is 4.27. The Hall–Kier alpha value is 0.210. The highest BCUT2D eigenvalue weighted by Crippen LogP contribution is 2.03. The number of rotatable bonds is 5. The minimum atomic E-state index is -0.116. The Morgan fingerprint density at radius 3 is 2.08 bits per heavy atom. The number of aliphatic hydroxyl groups is 1. The van der Waals surface area contributed by atoms with Crippen LogP contribution >= 0.6 is 0 Å². The van der Waals surface area contributed by atoms with E-state index in [1.807, 2.05) is 0 Å². The standard InChI is InChI=1S/C9H22NO.ClH/c1-5-6-7-9(11)8-10(2,3)4;/h9,11H,5-8H2,1-4H3;1H/q+1;/p-1. The summed E-state index contributed by atoms with van der Waals surface area (Å²) in [6, 6.07) is 0. The van der Waals surface area contributed by atoms with Gasteiger partial charge in [-0.25, -0.2) is 0 Å². The van der Waals surface area contributed by atoms with Gasteiger partial charge in [0.15, 0.2) is 0 Å². The fourth-order valence-electron chi connectivity index (χ4n) is 1.16. The summed E-state index contributed by atoms with van der Waals surface area (Å²) in [5.74, 6) is 0. The summed E-state index contributed by atoms with van der Waals surface area (Å²) >= 11 is 0. The Morgan fingerprint density at radius 2 is 1.75 bits per heavy atom. The average molecular weight is 196 g/mol. The van der Waals surface area contributed by atoms with Crippen LogP contribution in [0.2, 0.25) is 0 Å². The predicted molar refractivity (Wildman–Crippen MR) is 48.4 cm³/mol. The van der Waals surface area contributed by atoms with Crippen LogP contribution in [0.15, 0.2) is 0 Å². The quantitative estimate of drug-likeness (QED) is 0.516. The highest BCUT2D eigenvalue weighted by atomic mass is 35.5. The molecule has 0 aromatic carbocycles. The van der Waals surface area contributed by atoms with Crippen LogP contribution in [0.3, 0.4) is 0 Å². The molecule has 0 saturated carbocycles. The molecule has 12 heavy (non-hydrogen) atoms. The summed E-state index contributed by atoms with van der Waals surface area (Å²) in [4.78, 5) is 0.